The number of esters is 1. The summed E-state index contributed by atoms with van der Waals surface area (Å²) in [5.74, 6) is 1.22. The van der Waals surface area contributed by atoms with Crippen LogP contribution >= 0.6 is 0 Å². The average Bonchev–Trinajstić information content (AvgIpc) is 3.29. The van der Waals surface area contributed by atoms with E-state index in [1.165, 1.54) is 5.56 Å². The largest absolute Gasteiger partial charge is 0.464 e. The number of hydrogen-bond acceptors (Lipinski definition) is 5. The highest BCUT2D eigenvalue weighted by molar-refractivity contribution is 5.92. The molecule has 1 N–H and O–H groups in total. The van der Waals surface area contributed by atoms with Crippen LogP contribution in [0.15, 0.2) is 71.1 Å². The Balaban J connectivity index is 1.41. The van der Waals surface area contributed by atoms with Crippen molar-refractivity contribution in [1.82, 2.24) is 9.80 Å². The fraction of sp³-hybridized carbons (Fsp3) is 0.357. The predicted octanol–water partition coefficient (Wildman–Crippen LogP) is 5.46. The number of likely N-dealkylation sites (tertiary alicyclic amines) is 1. The summed E-state index contributed by atoms with van der Waals surface area (Å²) in [5.41, 5.74) is 2.39. The zero-order valence-electron chi connectivity index (χ0n) is 20.4. The minimum atomic E-state index is -0.373. The molecule has 0 aliphatic carbocycles. The van der Waals surface area contributed by atoms with E-state index in [2.05, 4.69) is 34.5 Å². The lowest BCUT2D eigenvalue weighted by atomic mass is 10.0. The number of aryl methyl sites for hydroxylation is 1. The summed E-state index contributed by atoms with van der Waals surface area (Å²) in [6, 6.07) is 21.0. The molecule has 1 aromatic heterocycles. The maximum Gasteiger partial charge on any atom is 0.338 e. The molecule has 0 radical (unpaired) electrons. The maximum atomic E-state index is 13.4. The Morgan fingerprint density at radius 1 is 1.03 bits per heavy atom. The van der Waals surface area contributed by atoms with Crippen LogP contribution in [0, 0.1) is 6.92 Å². The molecule has 1 saturated heterocycles. The van der Waals surface area contributed by atoms with Gasteiger partial charge in [0.05, 0.1) is 18.7 Å². The van der Waals surface area contributed by atoms with Gasteiger partial charge in [0.15, 0.2) is 0 Å². The SMILES string of the molecule is CCOC(=O)c1ccc(NC(=O)N(Cc2ccc(C)o2)C2CCN(Cc3ccccc3)CC2)cc1. The number of piperidine rings is 1. The molecular weight excluding hydrogens is 442 g/mol. The van der Waals surface area contributed by atoms with Gasteiger partial charge in [0.25, 0.3) is 0 Å². The first-order valence-electron chi connectivity index (χ1n) is 12.2. The van der Waals surface area contributed by atoms with Crippen LogP contribution in [-0.4, -0.2) is 47.5 Å². The fourth-order valence-corrected chi connectivity index (χ4v) is 4.43. The van der Waals surface area contributed by atoms with E-state index in [9.17, 15) is 9.59 Å². The molecule has 0 bridgehead atoms. The number of benzene rings is 2. The van der Waals surface area contributed by atoms with E-state index in [1.807, 2.05) is 30.0 Å². The summed E-state index contributed by atoms with van der Waals surface area (Å²) in [4.78, 5) is 29.6. The van der Waals surface area contributed by atoms with Gasteiger partial charge in [-0.25, -0.2) is 9.59 Å². The number of furan rings is 1. The van der Waals surface area contributed by atoms with Crippen molar-refractivity contribution < 1.29 is 18.7 Å². The van der Waals surface area contributed by atoms with Crippen LogP contribution in [0.2, 0.25) is 0 Å². The molecule has 0 saturated carbocycles. The van der Waals surface area contributed by atoms with Gasteiger partial charge >= 0.3 is 12.0 Å². The van der Waals surface area contributed by atoms with Crippen molar-refractivity contribution in [3.63, 3.8) is 0 Å². The van der Waals surface area contributed by atoms with Gasteiger partial charge in [-0.05, 0) is 68.7 Å². The number of carbonyl (C=O) groups excluding carboxylic acids is 2. The molecule has 184 valence electrons. The fourth-order valence-electron chi connectivity index (χ4n) is 4.43. The van der Waals surface area contributed by atoms with Gasteiger partial charge in [-0.2, -0.15) is 0 Å². The number of urea groups is 1. The second-order valence-electron chi connectivity index (χ2n) is 8.86. The molecule has 0 atom stereocenters. The van der Waals surface area contributed by atoms with Gasteiger partial charge in [0, 0.05) is 31.4 Å². The molecule has 1 aliphatic rings. The second-order valence-corrected chi connectivity index (χ2v) is 8.86. The lowest BCUT2D eigenvalue weighted by Crippen LogP contribution is -2.48. The molecule has 2 amide bonds. The van der Waals surface area contributed by atoms with Crippen molar-refractivity contribution in [3.05, 3.63) is 89.4 Å². The molecule has 0 unspecified atom stereocenters. The number of nitrogens with zero attached hydrogens (tertiary/aromatic N) is 2. The van der Waals surface area contributed by atoms with E-state index in [1.54, 1.807) is 31.2 Å². The topological polar surface area (TPSA) is 75.0 Å². The Kier molecular flexibility index (Phi) is 8.21. The third-order valence-electron chi connectivity index (χ3n) is 6.28. The van der Waals surface area contributed by atoms with Crippen molar-refractivity contribution >= 4 is 17.7 Å². The molecule has 35 heavy (non-hydrogen) atoms. The number of hydrogen-bond donors (Lipinski definition) is 1. The number of nitrogens with one attached hydrogen (secondary N) is 1. The Morgan fingerprint density at radius 3 is 2.37 bits per heavy atom. The summed E-state index contributed by atoms with van der Waals surface area (Å²) in [6.45, 7) is 7.18. The smallest absolute Gasteiger partial charge is 0.338 e. The molecule has 2 aromatic carbocycles. The monoisotopic (exact) mass is 475 g/mol. The molecule has 4 rings (SSSR count). The van der Waals surface area contributed by atoms with E-state index in [0.717, 1.165) is 44.0 Å². The average molecular weight is 476 g/mol. The summed E-state index contributed by atoms with van der Waals surface area (Å²) < 4.78 is 10.8. The lowest BCUT2D eigenvalue weighted by Gasteiger charge is -2.38. The Hall–Kier alpha value is -3.58. The van der Waals surface area contributed by atoms with Crippen LogP contribution in [0.3, 0.4) is 0 Å². The first-order chi connectivity index (χ1) is 17.0. The number of amides is 2. The first-order valence-corrected chi connectivity index (χ1v) is 12.2. The van der Waals surface area contributed by atoms with Gasteiger partial charge in [0.2, 0.25) is 0 Å². The molecule has 3 aromatic rings. The minimum Gasteiger partial charge on any atom is -0.464 e. The highest BCUT2D eigenvalue weighted by Crippen LogP contribution is 2.23. The summed E-state index contributed by atoms with van der Waals surface area (Å²) in [7, 11) is 0. The third-order valence-corrected chi connectivity index (χ3v) is 6.28. The van der Waals surface area contributed by atoms with Gasteiger partial charge in [-0.15, -0.1) is 0 Å². The van der Waals surface area contributed by atoms with Crippen LogP contribution in [-0.2, 0) is 17.8 Å². The lowest BCUT2D eigenvalue weighted by molar-refractivity contribution is 0.0526. The van der Waals surface area contributed by atoms with Gasteiger partial charge in [-0.1, -0.05) is 30.3 Å². The molecule has 7 heteroatoms. The van der Waals surface area contributed by atoms with Crippen molar-refractivity contribution in [2.75, 3.05) is 25.0 Å². The van der Waals surface area contributed by atoms with E-state index in [0.29, 0.717) is 24.4 Å². The molecule has 2 heterocycles. The zero-order chi connectivity index (χ0) is 24.6. The highest BCUT2D eigenvalue weighted by Gasteiger charge is 2.29. The third kappa shape index (κ3) is 6.73. The predicted molar refractivity (Wildman–Crippen MR) is 135 cm³/mol. The quantitative estimate of drug-likeness (QED) is 0.438. The zero-order valence-corrected chi connectivity index (χ0v) is 20.4. The van der Waals surface area contributed by atoms with Gasteiger partial charge < -0.3 is 19.4 Å². The van der Waals surface area contributed by atoms with E-state index in [-0.39, 0.29) is 18.0 Å². The normalized spacial score (nSPS) is 14.5. The second kappa shape index (κ2) is 11.7. The Labute approximate surface area is 206 Å². The van der Waals surface area contributed by atoms with E-state index in [4.69, 9.17) is 9.15 Å². The summed E-state index contributed by atoms with van der Waals surface area (Å²) in [6.07, 6.45) is 1.78. The van der Waals surface area contributed by atoms with Crippen molar-refractivity contribution in [1.29, 1.82) is 0 Å². The van der Waals surface area contributed by atoms with E-state index >= 15 is 0 Å². The number of ether oxygens (including phenoxy) is 1. The van der Waals surface area contributed by atoms with Gasteiger partial charge in [-0.3, -0.25) is 4.90 Å². The molecular formula is C28H33N3O4. The van der Waals surface area contributed by atoms with Crippen LogP contribution in [0.5, 0.6) is 0 Å². The molecule has 1 aliphatic heterocycles. The summed E-state index contributed by atoms with van der Waals surface area (Å²) >= 11 is 0. The Morgan fingerprint density at radius 2 is 1.74 bits per heavy atom. The van der Waals surface area contributed by atoms with Crippen LogP contribution < -0.4 is 5.32 Å². The molecule has 1 fully saturated rings. The standard InChI is InChI=1S/C28H33N3O4/c1-3-34-27(32)23-10-12-24(13-11-23)29-28(33)31(20-26-14-9-21(2)35-26)25-15-17-30(18-16-25)19-22-7-5-4-6-8-22/h4-14,25H,3,15-20H2,1-2H3,(H,29,33). The molecule has 0 spiro atoms. The van der Waals surface area contributed by atoms with Crippen molar-refractivity contribution in [2.45, 2.75) is 45.8 Å². The van der Waals surface area contributed by atoms with Crippen LogP contribution in [0.1, 0.15) is 47.2 Å². The van der Waals surface area contributed by atoms with Gasteiger partial charge in [0.1, 0.15) is 11.5 Å². The minimum absolute atomic E-state index is 0.103. The van der Waals surface area contributed by atoms with Crippen LogP contribution in [0.4, 0.5) is 10.5 Å². The van der Waals surface area contributed by atoms with Crippen molar-refractivity contribution in [2.24, 2.45) is 0 Å². The van der Waals surface area contributed by atoms with Crippen LogP contribution in [0.25, 0.3) is 0 Å². The Bertz CT molecular complexity index is 1100. The number of anilines is 1. The van der Waals surface area contributed by atoms with Crippen molar-refractivity contribution in [3.8, 4) is 0 Å². The number of carbonyl (C=O) groups is 2. The van der Waals surface area contributed by atoms with E-state index < -0.39 is 0 Å². The number of rotatable bonds is 8. The molecule has 7 nitrogen and oxygen atoms in total. The summed E-state index contributed by atoms with van der Waals surface area (Å²) in [5, 5.41) is 3.00. The maximum absolute atomic E-state index is 13.4. The first kappa shape index (κ1) is 24.5. The highest BCUT2D eigenvalue weighted by atomic mass is 16.5.